The van der Waals surface area contributed by atoms with E-state index in [-0.39, 0.29) is 22.4 Å². The SMILES string of the molecule is CC(=O)OCC12C(OC(=O)c3ccccc3)C(OC(=O)c3ccccc3)C3OC(=O)C(C)C(C)c4ncccc4C(=O)OCC4(C)OC1(C3C)C(OC(C)=O)C4C(OC(C)=O)C2OC(C)=O. The zero-order chi connectivity index (χ0) is 47.9. The number of benzene rings is 2. The van der Waals surface area contributed by atoms with Gasteiger partial charge in [-0.2, -0.15) is 0 Å². The van der Waals surface area contributed by atoms with Crippen molar-refractivity contribution in [1.82, 2.24) is 4.98 Å². The van der Waals surface area contributed by atoms with Gasteiger partial charge in [-0.1, -0.05) is 57.2 Å². The van der Waals surface area contributed by atoms with Gasteiger partial charge in [0.15, 0.2) is 18.3 Å². The van der Waals surface area contributed by atoms with Crippen LogP contribution in [0.4, 0.5) is 0 Å². The van der Waals surface area contributed by atoms with Gasteiger partial charge in [0.2, 0.25) is 0 Å². The minimum absolute atomic E-state index is 0.00405. The third kappa shape index (κ3) is 8.15. The molecule has 4 bridgehead atoms. The first-order valence-corrected chi connectivity index (χ1v) is 21.5. The molecule has 7 rings (SSSR count). The normalized spacial score (nSPS) is 33.3. The topological polar surface area (TPSA) is 233 Å². The molecule has 0 amide bonds. The summed E-state index contributed by atoms with van der Waals surface area (Å²) in [5.41, 5.74) is -6.51. The summed E-state index contributed by atoms with van der Waals surface area (Å²) in [6.07, 6.45) is -9.55. The van der Waals surface area contributed by atoms with E-state index < -0.39 is 138 Å². The molecule has 18 nitrogen and oxygen atoms in total. The second-order valence-electron chi connectivity index (χ2n) is 17.4. The fourth-order valence-corrected chi connectivity index (χ4v) is 10.4. The number of hydrogen-bond donors (Lipinski definition) is 0. The van der Waals surface area contributed by atoms with E-state index in [1.807, 2.05) is 0 Å². The van der Waals surface area contributed by atoms with Gasteiger partial charge >= 0.3 is 47.8 Å². The van der Waals surface area contributed by atoms with Crippen LogP contribution in [0.3, 0.4) is 0 Å². The molecular weight excluding hydrogens is 863 g/mol. The van der Waals surface area contributed by atoms with Gasteiger partial charge in [0.05, 0.1) is 34.2 Å². The van der Waals surface area contributed by atoms with Crippen LogP contribution in [0.25, 0.3) is 0 Å². The van der Waals surface area contributed by atoms with Crippen LogP contribution in [0.1, 0.15) is 98.1 Å². The number of nitrogens with zero attached hydrogens (tertiary/aromatic N) is 1. The minimum atomic E-state index is -2.44. The average molecular weight is 914 g/mol. The molecule has 350 valence electrons. The fraction of sp³-hybridized carbons (Fsp3) is 0.479. The van der Waals surface area contributed by atoms with Crippen molar-refractivity contribution in [2.24, 2.45) is 23.2 Å². The smallest absolute Gasteiger partial charge is 0.340 e. The molecule has 3 fully saturated rings. The lowest BCUT2D eigenvalue weighted by atomic mass is 9.46. The van der Waals surface area contributed by atoms with Crippen LogP contribution in [0.5, 0.6) is 0 Å². The molecule has 2 aliphatic carbocycles. The number of cyclic esters (lactones) is 1. The van der Waals surface area contributed by atoms with Crippen molar-refractivity contribution >= 4 is 47.8 Å². The number of carbonyl (C=O) groups is 8. The molecule has 4 aliphatic rings. The predicted molar refractivity (Wildman–Crippen MR) is 224 cm³/mol. The zero-order valence-electron chi connectivity index (χ0n) is 37.6. The number of aromatic nitrogens is 1. The van der Waals surface area contributed by atoms with Crippen molar-refractivity contribution in [3.05, 3.63) is 101 Å². The van der Waals surface area contributed by atoms with Crippen LogP contribution < -0.4 is 0 Å². The standard InChI is InChI=1S/C48H51NO17/c1-24-25(2)42(54)63-36-26(3)48-39(61-29(6)52)34(46(8,66-48)22-59-45(57)33-20-15-21-49-35(24)33)37(60-28(5)51)40(62-30(7)53)47(48,23-58-27(4)50)41(65-44(56)32-18-13-10-14-19-32)38(36)64-43(55)31-16-11-9-12-17-31/h9-21,24-26,34,36-41H,22-23H2,1-8H3. The molecule has 3 aromatic rings. The van der Waals surface area contributed by atoms with E-state index in [2.05, 4.69) is 4.98 Å². The lowest BCUT2D eigenvalue weighted by Gasteiger charge is -2.65. The summed E-state index contributed by atoms with van der Waals surface area (Å²) in [4.78, 5) is 116. The van der Waals surface area contributed by atoms with Crippen LogP contribution in [0.15, 0.2) is 79.0 Å². The molecule has 66 heavy (non-hydrogen) atoms. The number of fused-ring (bicyclic) bond motifs is 5. The summed E-state index contributed by atoms with van der Waals surface area (Å²) in [5.74, 6) is -12.2. The first kappa shape index (κ1) is 47.3. The van der Waals surface area contributed by atoms with Gasteiger partial charge in [0.25, 0.3) is 0 Å². The Hall–Kier alpha value is -6.69. The van der Waals surface area contributed by atoms with Crippen LogP contribution in [0, 0.1) is 23.2 Å². The van der Waals surface area contributed by atoms with Crippen LogP contribution in [0.2, 0.25) is 0 Å². The Labute approximate surface area is 379 Å². The van der Waals surface area contributed by atoms with E-state index >= 15 is 0 Å². The maximum atomic E-state index is 14.8. The first-order valence-electron chi connectivity index (χ1n) is 21.5. The molecular formula is C48H51NO17. The van der Waals surface area contributed by atoms with Crippen LogP contribution in [-0.2, 0) is 66.6 Å². The number of hydrogen-bond acceptors (Lipinski definition) is 18. The van der Waals surface area contributed by atoms with Crippen molar-refractivity contribution < 1.29 is 81.0 Å². The molecule has 1 aromatic heterocycles. The quantitative estimate of drug-likeness (QED) is 0.212. The van der Waals surface area contributed by atoms with Crippen molar-refractivity contribution in [3.8, 4) is 0 Å². The highest BCUT2D eigenvalue weighted by Gasteiger charge is 2.88. The van der Waals surface area contributed by atoms with E-state index in [4.69, 9.17) is 42.6 Å². The van der Waals surface area contributed by atoms with E-state index in [1.54, 1.807) is 50.2 Å². The summed E-state index contributed by atoms with van der Waals surface area (Å²) >= 11 is 0. The van der Waals surface area contributed by atoms with Gasteiger partial charge < -0.3 is 42.6 Å². The fourth-order valence-electron chi connectivity index (χ4n) is 10.4. The Morgan fingerprint density at radius 1 is 0.667 bits per heavy atom. The van der Waals surface area contributed by atoms with Crippen LogP contribution >= 0.6 is 0 Å². The lowest BCUT2D eigenvalue weighted by molar-refractivity contribution is -0.346. The molecule has 1 saturated heterocycles. The van der Waals surface area contributed by atoms with E-state index in [1.165, 1.54) is 56.4 Å². The van der Waals surface area contributed by atoms with Gasteiger partial charge in [0, 0.05) is 45.7 Å². The number of ether oxygens (including phenoxy) is 9. The highest BCUT2D eigenvalue weighted by Crippen LogP contribution is 2.69. The highest BCUT2D eigenvalue weighted by molar-refractivity contribution is 5.92. The summed E-state index contributed by atoms with van der Waals surface area (Å²) in [6.45, 7) is 8.92. The maximum Gasteiger partial charge on any atom is 0.340 e. The molecule has 18 heteroatoms. The van der Waals surface area contributed by atoms with Gasteiger partial charge in [-0.25, -0.2) is 14.4 Å². The first-order chi connectivity index (χ1) is 31.3. The minimum Gasteiger partial charge on any atom is -0.465 e. The van der Waals surface area contributed by atoms with Gasteiger partial charge in [0.1, 0.15) is 48.1 Å². The third-order valence-corrected chi connectivity index (χ3v) is 13.3. The molecule has 0 radical (unpaired) electrons. The summed E-state index contributed by atoms with van der Waals surface area (Å²) in [6, 6.07) is 18.3. The highest BCUT2D eigenvalue weighted by atomic mass is 16.7. The van der Waals surface area contributed by atoms with Crippen molar-refractivity contribution in [3.63, 3.8) is 0 Å². The number of pyridine rings is 1. The Kier molecular flexibility index (Phi) is 13.1. The van der Waals surface area contributed by atoms with Gasteiger partial charge in [-0.3, -0.25) is 29.0 Å². The number of rotatable bonds is 9. The van der Waals surface area contributed by atoms with E-state index in [0.717, 1.165) is 27.7 Å². The summed E-state index contributed by atoms with van der Waals surface area (Å²) < 4.78 is 57.3. The summed E-state index contributed by atoms with van der Waals surface area (Å²) in [7, 11) is 0. The molecule has 0 N–H and O–H groups in total. The Balaban J connectivity index is 1.62. The molecule has 2 aromatic carbocycles. The zero-order valence-corrected chi connectivity index (χ0v) is 37.6. The Bertz CT molecular complexity index is 2410. The Morgan fingerprint density at radius 3 is 1.80 bits per heavy atom. The summed E-state index contributed by atoms with van der Waals surface area (Å²) in [5, 5.41) is 0. The molecule has 1 spiro atoms. The van der Waals surface area contributed by atoms with E-state index in [9.17, 15) is 38.4 Å². The number of carbonyl (C=O) groups excluding carboxylic acids is 8. The largest absolute Gasteiger partial charge is 0.465 e. The molecule has 13 atom stereocenters. The van der Waals surface area contributed by atoms with Crippen LogP contribution in [-0.4, -0.2) is 114 Å². The average Bonchev–Trinajstić information content (AvgIpc) is 3.50. The van der Waals surface area contributed by atoms with Crippen molar-refractivity contribution in [2.45, 2.75) is 109 Å². The predicted octanol–water partition coefficient (Wildman–Crippen LogP) is 4.51. The Morgan fingerprint density at radius 2 is 1.23 bits per heavy atom. The van der Waals surface area contributed by atoms with Crippen molar-refractivity contribution in [1.29, 1.82) is 0 Å². The second-order valence-corrected chi connectivity index (χ2v) is 17.4. The molecule has 13 unspecified atom stereocenters. The van der Waals surface area contributed by atoms with E-state index in [0.29, 0.717) is 0 Å². The van der Waals surface area contributed by atoms with Crippen molar-refractivity contribution in [2.75, 3.05) is 13.2 Å². The molecule has 3 heterocycles. The van der Waals surface area contributed by atoms with Gasteiger partial charge in [-0.05, 0) is 43.3 Å². The third-order valence-electron chi connectivity index (χ3n) is 13.3. The molecule has 2 saturated carbocycles. The monoisotopic (exact) mass is 913 g/mol. The maximum absolute atomic E-state index is 14.8. The number of esters is 8. The van der Waals surface area contributed by atoms with Gasteiger partial charge in [-0.15, -0.1) is 0 Å². The lowest BCUT2D eigenvalue weighted by Crippen LogP contribution is -2.84. The molecule has 2 aliphatic heterocycles. The second kappa shape index (κ2) is 18.3.